The van der Waals surface area contributed by atoms with Crippen LogP contribution in [0.2, 0.25) is 10.0 Å². The van der Waals surface area contributed by atoms with Gasteiger partial charge in [0, 0.05) is 19.1 Å². The van der Waals surface area contributed by atoms with Crippen molar-refractivity contribution >= 4 is 40.2 Å². The van der Waals surface area contributed by atoms with Crippen molar-refractivity contribution < 1.29 is 14.6 Å². The van der Waals surface area contributed by atoms with E-state index in [-0.39, 0.29) is 12.5 Å². The van der Waals surface area contributed by atoms with Crippen LogP contribution >= 0.6 is 23.2 Å². The van der Waals surface area contributed by atoms with E-state index in [1.54, 1.807) is 16.7 Å². The summed E-state index contributed by atoms with van der Waals surface area (Å²) in [5, 5.41) is 9.98. The Kier molecular flexibility index (Phi) is 4.06. The van der Waals surface area contributed by atoms with Crippen LogP contribution in [0.3, 0.4) is 0 Å². The van der Waals surface area contributed by atoms with Gasteiger partial charge in [-0.05, 0) is 25.0 Å². The Hall–Kier alpha value is -1.30. The summed E-state index contributed by atoms with van der Waals surface area (Å²) < 4.78 is 7.08. The summed E-state index contributed by atoms with van der Waals surface area (Å²) in [6.07, 6.45) is 1.68. The predicted molar refractivity (Wildman–Crippen MR) is 80.2 cm³/mol. The predicted octanol–water partition coefficient (Wildman–Crippen LogP) is 3.32. The molecule has 112 valence electrons. The number of benzene rings is 1. The number of imidazole rings is 1. The number of aliphatic carboxylic acids is 1. The van der Waals surface area contributed by atoms with Crippen molar-refractivity contribution in [2.75, 3.05) is 13.2 Å². The van der Waals surface area contributed by atoms with Crippen molar-refractivity contribution in [1.29, 1.82) is 0 Å². The number of carbonyl (C=O) groups is 1. The summed E-state index contributed by atoms with van der Waals surface area (Å²) in [5.74, 6) is 0.0609. The highest BCUT2D eigenvalue weighted by molar-refractivity contribution is 6.42. The Bertz CT molecular complexity index is 693. The third-order valence-electron chi connectivity index (χ3n) is 3.70. The number of rotatable bonds is 3. The number of carboxylic acids is 1. The van der Waals surface area contributed by atoms with Gasteiger partial charge in [-0.3, -0.25) is 4.79 Å². The molecule has 1 saturated heterocycles. The average Bonchev–Trinajstić information content (AvgIpc) is 2.78. The third-order valence-corrected chi connectivity index (χ3v) is 4.42. The normalized spacial score (nSPS) is 16.5. The molecule has 2 heterocycles. The van der Waals surface area contributed by atoms with Crippen LogP contribution in [0.1, 0.15) is 24.6 Å². The number of carboxylic acid groups (broad SMARTS) is 1. The van der Waals surface area contributed by atoms with Crippen LogP contribution in [0, 0.1) is 0 Å². The fraction of sp³-hybridized carbons (Fsp3) is 0.429. The smallest absolute Gasteiger partial charge is 0.323 e. The van der Waals surface area contributed by atoms with Crippen LogP contribution in [0.15, 0.2) is 12.1 Å². The molecule has 0 spiro atoms. The Labute approximate surface area is 131 Å². The molecular weight excluding hydrogens is 315 g/mol. The van der Waals surface area contributed by atoms with Crippen molar-refractivity contribution in [2.45, 2.75) is 25.3 Å². The largest absolute Gasteiger partial charge is 0.480 e. The van der Waals surface area contributed by atoms with E-state index in [2.05, 4.69) is 4.98 Å². The fourth-order valence-corrected chi connectivity index (χ4v) is 3.02. The van der Waals surface area contributed by atoms with E-state index in [1.807, 2.05) is 0 Å². The molecule has 5 nitrogen and oxygen atoms in total. The van der Waals surface area contributed by atoms with Gasteiger partial charge in [0.05, 0.1) is 21.1 Å². The molecule has 0 saturated carbocycles. The second kappa shape index (κ2) is 5.83. The Morgan fingerprint density at radius 2 is 2.00 bits per heavy atom. The lowest BCUT2D eigenvalue weighted by atomic mass is 9.99. The van der Waals surface area contributed by atoms with Crippen molar-refractivity contribution in [3.05, 3.63) is 28.0 Å². The van der Waals surface area contributed by atoms with E-state index >= 15 is 0 Å². The molecule has 1 N–H and O–H groups in total. The van der Waals surface area contributed by atoms with E-state index in [1.165, 1.54) is 0 Å². The van der Waals surface area contributed by atoms with Gasteiger partial charge >= 0.3 is 5.97 Å². The molecule has 0 bridgehead atoms. The number of ether oxygens (including phenoxy) is 1. The quantitative estimate of drug-likeness (QED) is 0.938. The number of hydrogen-bond donors (Lipinski definition) is 1. The molecule has 0 radical (unpaired) electrons. The molecule has 1 aromatic carbocycles. The van der Waals surface area contributed by atoms with Crippen molar-refractivity contribution in [3.8, 4) is 0 Å². The number of halogens is 2. The lowest BCUT2D eigenvalue weighted by Gasteiger charge is -2.22. The first kappa shape index (κ1) is 14.6. The maximum absolute atomic E-state index is 11.2. The van der Waals surface area contributed by atoms with Gasteiger partial charge in [0.15, 0.2) is 0 Å². The summed E-state index contributed by atoms with van der Waals surface area (Å²) in [5.41, 5.74) is 1.38. The average molecular weight is 329 g/mol. The molecule has 1 aliphatic rings. The molecule has 3 rings (SSSR count). The number of nitrogens with zero attached hydrogens (tertiary/aromatic N) is 2. The van der Waals surface area contributed by atoms with Gasteiger partial charge < -0.3 is 14.4 Å². The summed E-state index contributed by atoms with van der Waals surface area (Å²) in [7, 11) is 0. The summed E-state index contributed by atoms with van der Waals surface area (Å²) in [4.78, 5) is 15.8. The number of hydrogen-bond acceptors (Lipinski definition) is 3. The molecule has 2 aromatic rings. The molecule has 0 amide bonds. The van der Waals surface area contributed by atoms with E-state index in [4.69, 9.17) is 33.0 Å². The van der Waals surface area contributed by atoms with Crippen LogP contribution in [-0.4, -0.2) is 33.8 Å². The monoisotopic (exact) mass is 328 g/mol. The topological polar surface area (TPSA) is 64.3 Å². The summed E-state index contributed by atoms with van der Waals surface area (Å²) in [6.45, 7) is 1.20. The zero-order valence-electron chi connectivity index (χ0n) is 11.2. The van der Waals surface area contributed by atoms with Gasteiger partial charge in [-0.1, -0.05) is 23.2 Å². The first-order valence-electron chi connectivity index (χ1n) is 6.71. The highest BCUT2D eigenvalue weighted by atomic mass is 35.5. The zero-order valence-corrected chi connectivity index (χ0v) is 12.7. The lowest BCUT2D eigenvalue weighted by molar-refractivity contribution is -0.137. The SMILES string of the molecule is O=C(O)Cn1c(C2CCOCC2)nc2cc(Cl)c(Cl)cc21. The minimum atomic E-state index is -0.909. The van der Waals surface area contributed by atoms with Crippen LogP contribution in [0.4, 0.5) is 0 Å². The van der Waals surface area contributed by atoms with Gasteiger partial charge in [-0.2, -0.15) is 0 Å². The van der Waals surface area contributed by atoms with Gasteiger partial charge in [0.25, 0.3) is 0 Å². The van der Waals surface area contributed by atoms with Gasteiger partial charge in [-0.25, -0.2) is 4.98 Å². The standard InChI is InChI=1S/C14H14Cl2N2O3/c15-9-5-11-12(6-10(9)16)18(7-13(19)20)14(17-11)8-1-3-21-4-2-8/h5-6,8H,1-4,7H2,(H,19,20). The summed E-state index contributed by atoms with van der Waals surface area (Å²) in [6, 6.07) is 3.36. The lowest BCUT2D eigenvalue weighted by Crippen LogP contribution is -2.20. The molecule has 0 atom stereocenters. The molecule has 21 heavy (non-hydrogen) atoms. The van der Waals surface area contributed by atoms with Gasteiger partial charge in [0.1, 0.15) is 12.4 Å². The Balaban J connectivity index is 2.14. The summed E-state index contributed by atoms with van der Waals surface area (Å²) >= 11 is 12.1. The number of aromatic nitrogens is 2. The van der Waals surface area contributed by atoms with E-state index in [9.17, 15) is 4.79 Å². The third kappa shape index (κ3) is 2.86. The number of fused-ring (bicyclic) bond motifs is 1. The van der Waals surface area contributed by atoms with E-state index in [0.29, 0.717) is 34.3 Å². The van der Waals surface area contributed by atoms with Gasteiger partial charge in [0.2, 0.25) is 0 Å². The van der Waals surface area contributed by atoms with Crippen LogP contribution in [0.25, 0.3) is 11.0 Å². The first-order chi connectivity index (χ1) is 10.1. The highest BCUT2D eigenvalue weighted by Gasteiger charge is 2.24. The second-order valence-corrected chi connectivity index (χ2v) is 5.91. The minimum absolute atomic E-state index is 0.138. The molecule has 1 aliphatic heterocycles. The highest BCUT2D eigenvalue weighted by Crippen LogP contribution is 2.33. The van der Waals surface area contributed by atoms with Crippen molar-refractivity contribution in [3.63, 3.8) is 0 Å². The fourth-order valence-electron chi connectivity index (χ4n) is 2.71. The Morgan fingerprint density at radius 1 is 1.33 bits per heavy atom. The van der Waals surface area contributed by atoms with Crippen LogP contribution in [0.5, 0.6) is 0 Å². The zero-order chi connectivity index (χ0) is 15.0. The maximum Gasteiger partial charge on any atom is 0.323 e. The second-order valence-electron chi connectivity index (χ2n) is 5.09. The Morgan fingerprint density at radius 3 is 2.67 bits per heavy atom. The van der Waals surface area contributed by atoms with Crippen LogP contribution < -0.4 is 0 Å². The maximum atomic E-state index is 11.2. The van der Waals surface area contributed by atoms with Crippen molar-refractivity contribution in [2.24, 2.45) is 0 Å². The molecule has 1 aromatic heterocycles. The molecular formula is C14H14Cl2N2O3. The molecule has 0 unspecified atom stereocenters. The van der Waals surface area contributed by atoms with E-state index < -0.39 is 5.97 Å². The molecule has 0 aliphatic carbocycles. The van der Waals surface area contributed by atoms with Gasteiger partial charge in [-0.15, -0.1) is 0 Å². The van der Waals surface area contributed by atoms with E-state index in [0.717, 1.165) is 18.7 Å². The van der Waals surface area contributed by atoms with Crippen LogP contribution in [-0.2, 0) is 16.1 Å². The molecule has 7 heteroatoms. The first-order valence-corrected chi connectivity index (χ1v) is 7.46. The molecule has 1 fully saturated rings. The van der Waals surface area contributed by atoms with Crippen molar-refractivity contribution in [1.82, 2.24) is 9.55 Å². The minimum Gasteiger partial charge on any atom is -0.480 e.